The third kappa shape index (κ3) is 3.16. The Hall–Kier alpha value is -3.11. The molecule has 28 heavy (non-hydrogen) atoms. The maximum atomic E-state index is 4.92. The van der Waals surface area contributed by atoms with Crippen LogP contribution in [0.15, 0.2) is 95.6 Å². The number of imidazole rings is 1. The third-order valence-electron chi connectivity index (χ3n) is 4.91. The van der Waals surface area contributed by atoms with Crippen LogP contribution in [0.25, 0.3) is 27.7 Å². The fraction of sp³-hybridized carbons (Fsp3) is 0.0417. The monoisotopic (exact) mass is 427 g/mol. The molecule has 1 N–H and O–H groups in total. The van der Waals surface area contributed by atoms with Crippen LogP contribution in [-0.4, -0.2) is 9.38 Å². The molecule has 2 aromatic heterocycles. The number of halogens is 1. The van der Waals surface area contributed by atoms with Crippen molar-refractivity contribution in [3.63, 3.8) is 0 Å². The Labute approximate surface area is 171 Å². The molecule has 0 spiro atoms. The minimum atomic E-state index is 0.738. The lowest BCUT2D eigenvalue weighted by Crippen LogP contribution is -2.03. The minimum absolute atomic E-state index is 0.738. The molecule has 0 saturated carbocycles. The SMILES string of the molecule is Brc1ccc2nc(-c3ccc4ccccc4c3)c(NCc3ccccc3)n2c1. The second-order valence-electron chi connectivity index (χ2n) is 6.79. The highest BCUT2D eigenvalue weighted by Crippen LogP contribution is 2.32. The summed E-state index contributed by atoms with van der Waals surface area (Å²) in [5.74, 6) is 0.996. The average Bonchev–Trinajstić information content (AvgIpc) is 3.10. The van der Waals surface area contributed by atoms with Crippen LogP contribution < -0.4 is 5.32 Å². The maximum Gasteiger partial charge on any atom is 0.139 e. The topological polar surface area (TPSA) is 29.3 Å². The molecule has 0 aliphatic carbocycles. The number of aromatic nitrogens is 2. The van der Waals surface area contributed by atoms with Crippen molar-refractivity contribution in [2.45, 2.75) is 6.54 Å². The molecule has 0 radical (unpaired) electrons. The van der Waals surface area contributed by atoms with Gasteiger partial charge in [0.05, 0.1) is 0 Å². The van der Waals surface area contributed by atoms with Gasteiger partial charge in [0, 0.05) is 22.8 Å². The summed E-state index contributed by atoms with van der Waals surface area (Å²) in [5, 5.41) is 6.05. The van der Waals surface area contributed by atoms with E-state index in [2.05, 4.69) is 98.6 Å². The van der Waals surface area contributed by atoms with Gasteiger partial charge in [0.2, 0.25) is 0 Å². The summed E-state index contributed by atoms with van der Waals surface area (Å²) >= 11 is 3.58. The lowest BCUT2D eigenvalue weighted by atomic mass is 10.1. The minimum Gasteiger partial charge on any atom is -0.365 e. The first-order chi connectivity index (χ1) is 13.8. The predicted molar refractivity (Wildman–Crippen MR) is 120 cm³/mol. The summed E-state index contributed by atoms with van der Waals surface area (Å²) in [5.41, 5.74) is 4.22. The zero-order chi connectivity index (χ0) is 18.9. The van der Waals surface area contributed by atoms with Crippen LogP contribution in [0, 0.1) is 0 Å². The van der Waals surface area contributed by atoms with Crippen molar-refractivity contribution in [1.82, 2.24) is 9.38 Å². The molecule has 3 nitrogen and oxygen atoms in total. The molecule has 0 amide bonds. The molecule has 0 saturated heterocycles. The van der Waals surface area contributed by atoms with Gasteiger partial charge in [-0.05, 0) is 50.5 Å². The van der Waals surface area contributed by atoms with Gasteiger partial charge in [-0.25, -0.2) is 4.98 Å². The molecule has 0 aliphatic rings. The zero-order valence-corrected chi connectivity index (χ0v) is 16.7. The molecular weight excluding hydrogens is 410 g/mol. The largest absolute Gasteiger partial charge is 0.365 e. The summed E-state index contributed by atoms with van der Waals surface area (Å²) in [4.78, 5) is 4.92. The van der Waals surface area contributed by atoms with Crippen molar-refractivity contribution in [3.8, 4) is 11.3 Å². The van der Waals surface area contributed by atoms with Crippen LogP contribution in [-0.2, 0) is 6.54 Å². The van der Waals surface area contributed by atoms with Gasteiger partial charge in [0.1, 0.15) is 17.2 Å². The second kappa shape index (κ2) is 7.13. The number of nitrogens with zero attached hydrogens (tertiary/aromatic N) is 2. The van der Waals surface area contributed by atoms with E-state index in [0.717, 1.165) is 33.7 Å². The standard InChI is InChI=1S/C24H18BrN3/c25-21-12-13-22-27-23(20-11-10-18-8-4-5-9-19(18)14-20)24(28(22)16-21)26-15-17-6-2-1-3-7-17/h1-14,16,26H,15H2. The number of rotatable bonds is 4. The Balaban J connectivity index is 1.64. The number of nitrogens with one attached hydrogen (secondary N) is 1. The Kier molecular flexibility index (Phi) is 4.34. The Morgan fingerprint density at radius 1 is 0.821 bits per heavy atom. The molecule has 3 aromatic carbocycles. The van der Waals surface area contributed by atoms with E-state index in [9.17, 15) is 0 Å². The lowest BCUT2D eigenvalue weighted by molar-refractivity contribution is 1.08. The normalized spacial score (nSPS) is 11.2. The van der Waals surface area contributed by atoms with Gasteiger partial charge in [-0.3, -0.25) is 4.40 Å². The van der Waals surface area contributed by atoms with Crippen LogP contribution in [0.2, 0.25) is 0 Å². The van der Waals surface area contributed by atoms with E-state index in [0.29, 0.717) is 0 Å². The van der Waals surface area contributed by atoms with Gasteiger partial charge >= 0.3 is 0 Å². The maximum absolute atomic E-state index is 4.92. The van der Waals surface area contributed by atoms with Gasteiger partial charge in [-0.2, -0.15) is 0 Å². The van der Waals surface area contributed by atoms with E-state index in [1.165, 1.54) is 16.3 Å². The molecule has 2 heterocycles. The van der Waals surface area contributed by atoms with Gasteiger partial charge in [0.25, 0.3) is 0 Å². The summed E-state index contributed by atoms with van der Waals surface area (Å²) < 4.78 is 3.13. The molecule has 5 rings (SSSR count). The summed E-state index contributed by atoms with van der Waals surface area (Å²) in [6.07, 6.45) is 2.06. The van der Waals surface area contributed by atoms with E-state index < -0.39 is 0 Å². The van der Waals surface area contributed by atoms with Crippen molar-refractivity contribution in [2.24, 2.45) is 0 Å². The van der Waals surface area contributed by atoms with Crippen molar-refractivity contribution < 1.29 is 0 Å². The first-order valence-electron chi connectivity index (χ1n) is 9.22. The first-order valence-corrected chi connectivity index (χ1v) is 10.0. The van der Waals surface area contributed by atoms with Crippen molar-refractivity contribution in [3.05, 3.63) is 101 Å². The lowest BCUT2D eigenvalue weighted by Gasteiger charge is -2.10. The molecule has 5 aromatic rings. The van der Waals surface area contributed by atoms with Crippen LogP contribution >= 0.6 is 15.9 Å². The highest BCUT2D eigenvalue weighted by molar-refractivity contribution is 9.10. The second-order valence-corrected chi connectivity index (χ2v) is 7.70. The van der Waals surface area contributed by atoms with Gasteiger partial charge in [0.15, 0.2) is 0 Å². The summed E-state index contributed by atoms with van der Waals surface area (Å²) in [6.45, 7) is 0.738. The molecule has 136 valence electrons. The van der Waals surface area contributed by atoms with Crippen LogP contribution in [0.3, 0.4) is 0 Å². The number of hydrogen-bond acceptors (Lipinski definition) is 2. The van der Waals surface area contributed by atoms with Crippen molar-refractivity contribution in [2.75, 3.05) is 5.32 Å². The van der Waals surface area contributed by atoms with Gasteiger partial charge in [-0.15, -0.1) is 0 Å². The summed E-state index contributed by atoms with van der Waals surface area (Å²) in [7, 11) is 0. The number of anilines is 1. The Morgan fingerprint density at radius 3 is 2.46 bits per heavy atom. The smallest absolute Gasteiger partial charge is 0.139 e. The molecule has 0 bridgehead atoms. The number of hydrogen-bond donors (Lipinski definition) is 1. The van der Waals surface area contributed by atoms with Crippen LogP contribution in [0.1, 0.15) is 5.56 Å². The molecule has 0 unspecified atom stereocenters. The fourth-order valence-corrected chi connectivity index (χ4v) is 3.84. The number of fused-ring (bicyclic) bond motifs is 2. The Morgan fingerprint density at radius 2 is 1.61 bits per heavy atom. The van der Waals surface area contributed by atoms with E-state index in [1.807, 2.05) is 18.2 Å². The van der Waals surface area contributed by atoms with E-state index in [-0.39, 0.29) is 0 Å². The Bertz CT molecular complexity index is 1280. The number of benzene rings is 3. The third-order valence-corrected chi connectivity index (χ3v) is 5.38. The van der Waals surface area contributed by atoms with E-state index in [1.54, 1.807) is 0 Å². The van der Waals surface area contributed by atoms with Crippen molar-refractivity contribution in [1.29, 1.82) is 0 Å². The number of pyridine rings is 1. The molecule has 0 fully saturated rings. The predicted octanol–water partition coefficient (Wildman–Crippen LogP) is 6.53. The van der Waals surface area contributed by atoms with E-state index in [4.69, 9.17) is 4.98 Å². The molecule has 0 atom stereocenters. The van der Waals surface area contributed by atoms with Gasteiger partial charge in [-0.1, -0.05) is 66.7 Å². The van der Waals surface area contributed by atoms with Gasteiger partial charge < -0.3 is 5.32 Å². The quantitative estimate of drug-likeness (QED) is 0.353. The van der Waals surface area contributed by atoms with Crippen LogP contribution in [0.5, 0.6) is 0 Å². The fourth-order valence-electron chi connectivity index (χ4n) is 3.51. The highest BCUT2D eigenvalue weighted by atomic mass is 79.9. The highest BCUT2D eigenvalue weighted by Gasteiger charge is 2.15. The molecule has 4 heteroatoms. The average molecular weight is 428 g/mol. The molecule has 0 aliphatic heterocycles. The zero-order valence-electron chi connectivity index (χ0n) is 15.1. The molecular formula is C24H18BrN3. The van der Waals surface area contributed by atoms with Crippen LogP contribution in [0.4, 0.5) is 5.82 Å². The summed E-state index contributed by atoms with van der Waals surface area (Å²) in [6, 6.07) is 29.4. The van der Waals surface area contributed by atoms with E-state index >= 15 is 0 Å². The first kappa shape index (κ1) is 17.0. The van der Waals surface area contributed by atoms with Crippen molar-refractivity contribution >= 4 is 38.2 Å².